The highest BCUT2D eigenvalue weighted by atomic mass is 16.5. The minimum atomic E-state index is -0.677. The molecule has 0 aliphatic heterocycles. The molecule has 0 aliphatic rings. The molecule has 0 aromatic rings. The standard InChI is InChI=1S/C51H97NO5/c1-3-5-7-9-11-13-15-20-23-27-31-35-39-43-49(54)48(47-53)52-50(55)44-40-36-32-28-24-21-18-17-19-22-26-30-34-38-42-46-57-51(56)45-41-37-33-29-25-16-14-12-10-8-6-4-2/h17,19,22,26,48-49,53-54H,3-16,18,20-21,23-25,27-47H2,1-2H3,(H,52,55)/b19-17-,26-22-. The van der Waals surface area contributed by atoms with E-state index in [0.29, 0.717) is 25.9 Å². The SMILES string of the molecule is CCCCCCCCCCCCCCCC(O)C(CO)NC(=O)CCCCCCCC/C=C\C=C/CCCCCOC(=O)CCCCCCCCCCCCCC. The Hall–Kier alpha value is -1.66. The number of hydrogen-bond donors (Lipinski definition) is 3. The van der Waals surface area contributed by atoms with Gasteiger partial charge < -0.3 is 20.3 Å². The van der Waals surface area contributed by atoms with E-state index in [9.17, 15) is 19.8 Å². The number of aliphatic hydroxyl groups is 2. The van der Waals surface area contributed by atoms with Gasteiger partial charge in [0.05, 0.1) is 25.4 Å². The molecule has 57 heavy (non-hydrogen) atoms. The van der Waals surface area contributed by atoms with Crippen molar-refractivity contribution in [2.75, 3.05) is 13.2 Å². The molecule has 0 heterocycles. The number of hydrogen-bond acceptors (Lipinski definition) is 5. The first-order valence-corrected chi connectivity index (χ1v) is 25.1. The number of aliphatic hydroxyl groups excluding tert-OH is 2. The monoisotopic (exact) mass is 804 g/mol. The molecule has 1 amide bonds. The van der Waals surface area contributed by atoms with Gasteiger partial charge in [-0.25, -0.2) is 0 Å². The van der Waals surface area contributed by atoms with E-state index in [4.69, 9.17) is 4.74 Å². The van der Waals surface area contributed by atoms with Crippen LogP contribution in [-0.4, -0.2) is 47.4 Å². The Balaban J connectivity index is 3.53. The van der Waals surface area contributed by atoms with E-state index in [1.165, 1.54) is 154 Å². The largest absolute Gasteiger partial charge is 0.466 e. The number of amides is 1. The summed E-state index contributed by atoms with van der Waals surface area (Å²) in [4.78, 5) is 24.4. The normalized spacial score (nSPS) is 12.8. The lowest BCUT2D eigenvalue weighted by atomic mass is 10.0. The molecule has 6 nitrogen and oxygen atoms in total. The van der Waals surface area contributed by atoms with Gasteiger partial charge in [-0.05, 0) is 57.8 Å². The third-order valence-electron chi connectivity index (χ3n) is 11.5. The van der Waals surface area contributed by atoms with Crippen molar-refractivity contribution >= 4 is 11.9 Å². The van der Waals surface area contributed by atoms with Crippen molar-refractivity contribution < 1.29 is 24.5 Å². The van der Waals surface area contributed by atoms with Crippen molar-refractivity contribution in [3.63, 3.8) is 0 Å². The lowest BCUT2D eigenvalue weighted by Crippen LogP contribution is -2.45. The Bertz CT molecular complexity index is 889. The van der Waals surface area contributed by atoms with E-state index in [1.807, 2.05) is 0 Å². The third kappa shape index (κ3) is 43.7. The Labute approximate surface area is 354 Å². The van der Waals surface area contributed by atoms with Crippen LogP contribution in [0.2, 0.25) is 0 Å². The zero-order chi connectivity index (χ0) is 41.5. The highest BCUT2D eigenvalue weighted by Crippen LogP contribution is 2.16. The van der Waals surface area contributed by atoms with Crippen molar-refractivity contribution in [1.29, 1.82) is 0 Å². The number of rotatable bonds is 46. The number of ether oxygens (including phenoxy) is 1. The zero-order valence-electron chi connectivity index (χ0n) is 38.1. The van der Waals surface area contributed by atoms with E-state index in [-0.39, 0.29) is 18.5 Å². The Morgan fingerprint density at radius 2 is 0.860 bits per heavy atom. The van der Waals surface area contributed by atoms with E-state index in [0.717, 1.165) is 77.0 Å². The van der Waals surface area contributed by atoms with Gasteiger partial charge in [-0.2, -0.15) is 0 Å². The number of allylic oxidation sites excluding steroid dienone is 4. The van der Waals surface area contributed by atoms with Crippen molar-refractivity contribution in [2.24, 2.45) is 0 Å². The van der Waals surface area contributed by atoms with Crippen LogP contribution in [0.3, 0.4) is 0 Å². The first-order valence-electron chi connectivity index (χ1n) is 25.1. The summed E-state index contributed by atoms with van der Waals surface area (Å²) in [7, 11) is 0. The van der Waals surface area contributed by atoms with Gasteiger partial charge in [0, 0.05) is 12.8 Å². The van der Waals surface area contributed by atoms with Gasteiger partial charge in [0.2, 0.25) is 5.91 Å². The van der Waals surface area contributed by atoms with Crippen LogP contribution >= 0.6 is 0 Å². The van der Waals surface area contributed by atoms with Crippen LogP contribution in [0.1, 0.15) is 264 Å². The van der Waals surface area contributed by atoms with Crippen molar-refractivity contribution in [1.82, 2.24) is 5.32 Å². The van der Waals surface area contributed by atoms with Crippen LogP contribution in [0.25, 0.3) is 0 Å². The molecule has 0 aromatic carbocycles. The van der Waals surface area contributed by atoms with E-state index < -0.39 is 12.1 Å². The molecule has 0 aliphatic carbocycles. The molecule has 0 bridgehead atoms. The fraction of sp³-hybridized carbons (Fsp3) is 0.882. The summed E-state index contributed by atoms with van der Waals surface area (Å²) >= 11 is 0. The highest BCUT2D eigenvalue weighted by molar-refractivity contribution is 5.76. The quantitative estimate of drug-likeness (QED) is 0.0324. The van der Waals surface area contributed by atoms with Crippen molar-refractivity contribution in [2.45, 2.75) is 276 Å². The second-order valence-corrected chi connectivity index (χ2v) is 17.2. The third-order valence-corrected chi connectivity index (χ3v) is 11.5. The first-order chi connectivity index (χ1) is 28.0. The number of carbonyl (C=O) groups excluding carboxylic acids is 2. The Morgan fingerprint density at radius 3 is 1.30 bits per heavy atom. The van der Waals surface area contributed by atoms with Gasteiger partial charge in [0.15, 0.2) is 0 Å². The van der Waals surface area contributed by atoms with Crippen molar-refractivity contribution in [3.8, 4) is 0 Å². The molecule has 0 saturated heterocycles. The second-order valence-electron chi connectivity index (χ2n) is 17.2. The van der Waals surface area contributed by atoms with E-state index in [1.54, 1.807) is 0 Å². The van der Waals surface area contributed by atoms with Gasteiger partial charge in [-0.15, -0.1) is 0 Å². The number of carbonyl (C=O) groups is 2. The smallest absolute Gasteiger partial charge is 0.305 e. The van der Waals surface area contributed by atoms with Gasteiger partial charge in [-0.1, -0.05) is 218 Å². The number of nitrogens with one attached hydrogen (secondary N) is 1. The lowest BCUT2D eigenvalue weighted by Gasteiger charge is -2.22. The molecule has 2 atom stereocenters. The molecule has 0 fully saturated rings. The van der Waals surface area contributed by atoms with Crippen LogP contribution in [0, 0.1) is 0 Å². The molecule has 6 heteroatoms. The van der Waals surface area contributed by atoms with Gasteiger partial charge in [0.25, 0.3) is 0 Å². The minimum Gasteiger partial charge on any atom is -0.466 e. The first kappa shape index (κ1) is 55.3. The second kappa shape index (κ2) is 47.0. The predicted molar refractivity (Wildman–Crippen MR) is 246 cm³/mol. The zero-order valence-corrected chi connectivity index (χ0v) is 38.1. The molecule has 3 N–H and O–H groups in total. The summed E-state index contributed by atoms with van der Waals surface area (Å²) in [5, 5.41) is 23.2. The van der Waals surface area contributed by atoms with Gasteiger partial charge in [-0.3, -0.25) is 9.59 Å². The van der Waals surface area contributed by atoms with Crippen LogP contribution in [-0.2, 0) is 14.3 Å². The molecule has 336 valence electrons. The summed E-state index contributed by atoms with van der Waals surface area (Å²) in [6, 6.07) is -0.556. The number of unbranched alkanes of at least 4 members (excludes halogenated alkanes) is 32. The molecule has 0 radical (unpaired) electrons. The van der Waals surface area contributed by atoms with Crippen LogP contribution in [0.5, 0.6) is 0 Å². The Kier molecular flexibility index (Phi) is 45.7. The lowest BCUT2D eigenvalue weighted by molar-refractivity contribution is -0.143. The maximum Gasteiger partial charge on any atom is 0.305 e. The summed E-state index contributed by atoms with van der Waals surface area (Å²) in [6.45, 7) is 4.89. The maximum atomic E-state index is 12.4. The predicted octanol–water partition coefficient (Wildman–Crippen LogP) is 14.7. The van der Waals surface area contributed by atoms with Crippen LogP contribution < -0.4 is 5.32 Å². The van der Waals surface area contributed by atoms with Crippen molar-refractivity contribution in [3.05, 3.63) is 24.3 Å². The summed E-state index contributed by atoms with van der Waals surface area (Å²) < 4.78 is 5.43. The van der Waals surface area contributed by atoms with Crippen LogP contribution in [0.15, 0.2) is 24.3 Å². The molecular formula is C51H97NO5. The average Bonchev–Trinajstić information content (AvgIpc) is 3.21. The fourth-order valence-corrected chi connectivity index (χ4v) is 7.63. The summed E-state index contributed by atoms with van der Waals surface area (Å²) in [5.74, 6) is -0.0791. The topological polar surface area (TPSA) is 95.9 Å². The molecule has 0 aromatic heterocycles. The Morgan fingerprint density at radius 1 is 0.491 bits per heavy atom. The van der Waals surface area contributed by atoms with Crippen LogP contribution in [0.4, 0.5) is 0 Å². The molecule has 0 spiro atoms. The maximum absolute atomic E-state index is 12.4. The van der Waals surface area contributed by atoms with Gasteiger partial charge in [0.1, 0.15) is 0 Å². The molecule has 2 unspecified atom stereocenters. The molecule has 0 saturated carbocycles. The average molecular weight is 804 g/mol. The summed E-state index contributed by atoms with van der Waals surface area (Å²) in [6.07, 6.45) is 54.3. The minimum absolute atomic E-state index is 0.0213. The fourth-order valence-electron chi connectivity index (χ4n) is 7.63. The molecular weight excluding hydrogens is 707 g/mol. The number of esters is 1. The highest BCUT2D eigenvalue weighted by Gasteiger charge is 2.20. The van der Waals surface area contributed by atoms with E-state index >= 15 is 0 Å². The molecule has 0 rings (SSSR count). The van der Waals surface area contributed by atoms with Gasteiger partial charge >= 0.3 is 5.97 Å². The van der Waals surface area contributed by atoms with E-state index in [2.05, 4.69) is 43.5 Å². The summed E-state index contributed by atoms with van der Waals surface area (Å²) in [5.41, 5.74) is 0.